The lowest BCUT2D eigenvalue weighted by atomic mass is 9.64. The molecule has 3 nitrogen and oxygen atoms in total. The Balaban J connectivity index is 1.60. The summed E-state index contributed by atoms with van der Waals surface area (Å²) in [4.78, 5) is 12.7. The van der Waals surface area contributed by atoms with Crippen molar-refractivity contribution >= 4 is 11.6 Å². The van der Waals surface area contributed by atoms with E-state index in [0.29, 0.717) is 6.54 Å². The van der Waals surface area contributed by atoms with E-state index in [1.54, 1.807) is 0 Å². The van der Waals surface area contributed by atoms with Gasteiger partial charge in [0, 0.05) is 12.2 Å². The molecular weight excluding hydrogens is 272 g/mol. The Hall–Kier alpha value is -2.29. The number of anilines is 1. The van der Waals surface area contributed by atoms with Gasteiger partial charge in [0.2, 0.25) is 5.91 Å². The summed E-state index contributed by atoms with van der Waals surface area (Å²) in [5.41, 5.74) is 8.48. The molecule has 0 atom stereocenters. The van der Waals surface area contributed by atoms with Crippen LogP contribution in [0.5, 0.6) is 0 Å². The number of nitrogens with two attached hydrogens (primary N) is 1. The molecule has 1 aliphatic rings. The molecule has 1 saturated carbocycles. The van der Waals surface area contributed by atoms with Gasteiger partial charge in [-0.3, -0.25) is 4.79 Å². The predicted octanol–water partition coefficient (Wildman–Crippen LogP) is 3.05. The van der Waals surface area contributed by atoms with Gasteiger partial charge in [-0.1, -0.05) is 48.9 Å². The second kappa shape index (κ2) is 6.22. The molecular formula is C19H22N2O. The zero-order valence-electron chi connectivity index (χ0n) is 12.7. The average molecular weight is 294 g/mol. The number of carbonyl (C=O) groups excluding carboxylic acids is 1. The normalized spacial score (nSPS) is 15.8. The van der Waals surface area contributed by atoms with Crippen molar-refractivity contribution in [1.82, 2.24) is 5.32 Å². The summed E-state index contributed by atoms with van der Waals surface area (Å²) in [6.07, 6.45) is 3.85. The summed E-state index contributed by atoms with van der Waals surface area (Å²) in [5, 5.41) is 3.12. The van der Waals surface area contributed by atoms with Crippen molar-refractivity contribution < 1.29 is 4.79 Å². The Morgan fingerprint density at radius 1 is 1.05 bits per heavy atom. The number of benzene rings is 2. The van der Waals surface area contributed by atoms with E-state index < -0.39 is 0 Å². The first-order valence-corrected chi connectivity index (χ1v) is 7.89. The summed E-state index contributed by atoms with van der Waals surface area (Å²) in [7, 11) is 0. The van der Waals surface area contributed by atoms with Gasteiger partial charge in [-0.05, 0) is 42.5 Å². The molecule has 0 unspecified atom stereocenters. The lowest BCUT2D eigenvalue weighted by Crippen LogP contribution is -2.49. The molecule has 3 rings (SSSR count). The van der Waals surface area contributed by atoms with Crippen molar-refractivity contribution in [2.24, 2.45) is 0 Å². The van der Waals surface area contributed by atoms with Gasteiger partial charge in [0.1, 0.15) is 0 Å². The van der Waals surface area contributed by atoms with Crippen molar-refractivity contribution in [3.63, 3.8) is 0 Å². The fourth-order valence-electron chi connectivity index (χ4n) is 3.11. The Kier molecular flexibility index (Phi) is 4.14. The molecule has 2 aromatic carbocycles. The van der Waals surface area contributed by atoms with E-state index in [-0.39, 0.29) is 11.3 Å². The van der Waals surface area contributed by atoms with Crippen LogP contribution in [0.2, 0.25) is 0 Å². The van der Waals surface area contributed by atoms with Crippen molar-refractivity contribution in [2.75, 3.05) is 12.3 Å². The van der Waals surface area contributed by atoms with Gasteiger partial charge in [0.15, 0.2) is 0 Å². The summed E-state index contributed by atoms with van der Waals surface area (Å²) < 4.78 is 0. The van der Waals surface area contributed by atoms with Crippen LogP contribution in [0, 0.1) is 0 Å². The summed E-state index contributed by atoms with van der Waals surface area (Å²) in [6, 6.07) is 18.0. The van der Waals surface area contributed by atoms with Gasteiger partial charge in [0.25, 0.3) is 0 Å². The van der Waals surface area contributed by atoms with E-state index in [4.69, 9.17) is 5.73 Å². The van der Waals surface area contributed by atoms with Crippen LogP contribution < -0.4 is 11.1 Å². The third kappa shape index (κ3) is 2.84. The van der Waals surface area contributed by atoms with Gasteiger partial charge in [0.05, 0.1) is 5.41 Å². The number of carbonyl (C=O) groups is 1. The maximum absolute atomic E-state index is 12.7. The fraction of sp³-hybridized carbons (Fsp3) is 0.316. The van der Waals surface area contributed by atoms with E-state index in [9.17, 15) is 4.79 Å². The monoisotopic (exact) mass is 294 g/mol. The molecule has 1 amide bonds. The minimum atomic E-state index is -0.303. The first kappa shape index (κ1) is 14.6. The fourth-order valence-corrected chi connectivity index (χ4v) is 3.11. The summed E-state index contributed by atoms with van der Waals surface area (Å²) in [5.74, 6) is 0.167. The van der Waals surface area contributed by atoms with Gasteiger partial charge in [-0.15, -0.1) is 0 Å². The predicted molar refractivity (Wildman–Crippen MR) is 89.5 cm³/mol. The third-order valence-corrected chi connectivity index (χ3v) is 4.65. The van der Waals surface area contributed by atoms with Crippen LogP contribution >= 0.6 is 0 Å². The van der Waals surface area contributed by atoms with Gasteiger partial charge in [-0.25, -0.2) is 0 Å². The molecule has 0 aliphatic heterocycles. The molecule has 0 radical (unpaired) electrons. The van der Waals surface area contributed by atoms with Crippen molar-refractivity contribution in [1.29, 1.82) is 0 Å². The molecule has 0 aromatic heterocycles. The van der Waals surface area contributed by atoms with E-state index in [1.807, 2.05) is 42.5 Å². The van der Waals surface area contributed by atoms with Crippen molar-refractivity contribution in [3.05, 3.63) is 65.7 Å². The zero-order valence-corrected chi connectivity index (χ0v) is 12.7. The number of hydrogen-bond acceptors (Lipinski definition) is 2. The third-order valence-electron chi connectivity index (χ3n) is 4.65. The highest BCUT2D eigenvalue weighted by atomic mass is 16.2. The Labute approximate surface area is 131 Å². The first-order valence-electron chi connectivity index (χ1n) is 7.89. The van der Waals surface area contributed by atoms with Gasteiger partial charge in [-0.2, -0.15) is 0 Å². The second-order valence-electron chi connectivity index (χ2n) is 6.05. The molecule has 0 saturated heterocycles. The zero-order chi connectivity index (χ0) is 15.4. The molecule has 2 aromatic rings. The maximum Gasteiger partial charge on any atom is 0.230 e. The molecule has 0 bridgehead atoms. The van der Waals surface area contributed by atoms with Crippen molar-refractivity contribution in [2.45, 2.75) is 31.1 Å². The number of nitrogen functional groups attached to an aromatic ring is 1. The Bertz CT molecular complexity index is 630. The van der Waals surface area contributed by atoms with Crippen LogP contribution in [-0.4, -0.2) is 12.5 Å². The van der Waals surface area contributed by atoms with Crippen LogP contribution in [0.15, 0.2) is 54.6 Å². The number of rotatable bonds is 5. The largest absolute Gasteiger partial charge is 0.399 e. The highest BCUT2D eigenvalue weighted by molar-refractivity contribution is 5.89. The van der Waals surface area contributed by atoms with Crippen LogP contribution in [-0.2, 0) is 16.6 Å². The number of nitrogens with one attached hydrogen (secondary N) is 1. The molecule has 3 heteroatoms. The molecule has 0 heterocycles. The van der Waals surface area contributed by atoms with Gasteiger partial charge < -0.3 is 11.1 Å². The topological polar surface area (TPSA) is 55.1 Å². The molecule has 114 valence electrons. The minimum absolute atomic E-state index is 0.167. The molecule has 22 heavy (non-hydrogen) atoms. The van der Waals surface area contributed by atoms with Crippen LogP contribution in [0.3, 0.4) is 0 Å². The second-order valence-corrected chi connectivity index (χ2v) is 6.05. The highest BCUT2D eigenvalue weighted by Gasteiger charge is 2.45. The Morgan fingerprint density at radius 3 is 2.32 bits per heavy atom. The minimum Gasteiger partial charge on any atom is -0.399 e. The summed E-state index contributed by atoms with van der Waals surface area (Å²) >= 11 is 0. The molecule has 3 N–H and O–H groups in total. The molecule has 0 spiro atoms. The maximum atomic E-state index is 12.7. The smallest absolute Gasteiger partial charge is 0.230 e. The van der Waals surface area contributed by atoms with E-state index >= 15 is 0 Å². The highest BCUT2D eigenvalue weighted by Crippen LogP contribution is 2.43. The lowest BCUT2D eigenvalue weighted by molar-refractivity contribution is -0.129. The quantitative estimate of drug-likeness (QED) is 0.833. The number of amides is 1. The molecule has 1 fully saturated rings. The van der Waals surface area contributed by atoms with Gasteiger partial charge >= 0.3 is 0 Å². The SMILES string of the molecule is Nc1ccc(CCNC(=O)C2(c3ccccc3)CCC2)cc1. The number of hydrogen-bond donors (Lipinski definition) is 2. The van der Waals surface area contributed by atoms with E-state index in [1.165, 1.54) is 5.56 Å². The van der Waals surface area contributed by atoms with Crippen LogP contribution in [0.25, 0.3) is 0 Å². The van der Waals surface area contributed by atoms with E-state index in [2.05, 4.69) is 17.4 Å². The molecule has 1 aliphatic carbocycles. The standard InChI is InChI=1S/C19H22N2O/c20-17-9-7-15(8-10-17)11-14-21-18(22)19(12-4-13-19)16-5-2-1-3-6-16/h1-3,5-10H,4,11-14,20H2,(H,21,22). The Morgan fingerprint density at radius 2 is 1.73 bits per heavy atom. The van der Waals surface area contributed by atoms with Crippen molar-refractivity contribution in [3.8, 4) is 0 Å². The van der Waals surface area contributed by atoms with E-state index in [0.717, 1.165) is 36.9 Å². The lowest BCUT2D eigenvalue weighted by Gasteiger charge is -2.40. The van der Waals surface area contributed by atoms with Crippen LogP contribution in [0.4, 0.5) is 5.69 Å². The van der Waals surface area contributed by atoms with Crippen LogP contribution in [0.1, 0.15) is 30.4 Å². The summed E-state index contributed by atoms with van der Waals surface area (Å²) in [6.45, 7) is 0.664. The first-order chi connectivity index (χ1) is 10.7. The average Bonchev–Trinajstić information content (AvgIpc) is 2.49.